The smallest absolute Gasteiger partial charge is 0.252 e. The summed E-state index contributed by atoms with van der Waals surface area (Å²) in [6.07, 6.45) is 1.44. The third kappa shape index (κ3) is 1.67. The second kappa shape index (κ2) is 2.81. The van der Waals surface area contributed by atoms with Crippen LogP contribution in [0.25, 0.3) is 0 Å². The molecule has 0 aliphatic rings. The van der Waals surface area contributed by atoms with Crippen LogP contribution in [0.15, 0.2) is 17.1 Å². The molecule has 5 heteroatoms. The number of nitrogens with zero attached hydrogens (tertiary/aromatic N) is 1. The fourth-order valence-corrected chi connectivity index (χ4v) is 0.692. The van der Waals surface area contributed by atoms with E-state index < -0.39 is 0 Å². The topological polar surface area (TPSA) is 57.8 Å². The van der Waals surface area contributed by atoms with Crippen molar-refractivity contribution < 1.29 is 0 Å². The van der Waals surface area contributed by atoms with Crippen LogP contribution in [0.3, 0.4) is 0 Å². The van der Waals surface area contributed by atoms with Gasteiger partial charge in [-0.2, -0.15) is 0 Å². The van der Waals surface area contributed by atoms with Crippen molar-refractivity contribution in [3.8, 4) is 0 Å². The molecular formula is C4H4IN3O. The van der Waals surface area contributed by atoms with Crippen molar-refractivity contribution in [3.63, 3.8) is 0 Å². The first-order valence-electron chi connectivity index (χ1n) is 2.25. The summed E-state index contributed by atoms with van der Waals surface area (Å²) >= 11 is 1.89. The first kappa shape index (κ1) is 6.53. The fourth-order valence-electron chi connectivity index (χ4n) is 0.418. The van der Waals surface area contributed by atoms with Crippen molar-refractivity contribution >= 4 is 28.8 Å². The quantitative estimate of drug-likeness (QED) is 0.553. The molecule has 0 aliphatic carbocycles. The van der Waals surface area contributed by atoms with Crippen molar-refractivity contribution in [2.45, 2.75) is 0 Å². The second-order valence-corrected chi connectivity index (χ2v) is 1.92. The van der Waals surface area contributed by atoms with E-state index in [0.717, 1.165) is 0 Å². The summed E-state index contributed by atoms with van der Waals surface area (Å²) in [5.74, 6) is 0.475. The summed E-state index contributed by atoms with van der Waals surface area (Å²) in [6, 6.07) is 1.36. The van der Waals surface area contributed by atoms with Crippen LogP contribution in [0, 0.1) is 0 Å². The molecule has 0 unspecified atom stereocenters. The van der Waals surface area contributed by atoms with E-state index >= 15 is 0 Å². The predicted molar refractivity (Wildman–Crippen MR) is 42.5 cm³/mol. The maximum absolute atomic E-state index is 10.5. The summed E-state index contributed by atoms with van der Waals surface area (Å²) in [4.78, 5) is 16.8. The molecule has 9 heavy (non-hydrogen) atoms. The molecule has 0 fully saturated rings. The first-order valence-corrected chi connectivity index (χ1v) is 3.33. The van der Waals surface area contributed by atoms with Gasteiger partial charge in [0.25, 0.3) is 5.56 Å². The lowest BCUT2D eigenvalue weighted by molar-refractivity contribution is 1.14. The Kier molecular flexibility index (Phi) is 2.04. The highest BCUT2D eigenvalue weighted by Gasteiger charge is 1.86. The van der Waals surface area contributed by atoms with E-state index in [1.807, 2.05) is 22.9 Å². The van der Waals surface area contributed by atoms with Crippen molar-refractivity contribution in [1.82, 2.24) is 9.97 Å². The van der Waals surface area contributed by atoms with E-state index in [2.05, 4.69) is 13.5 Å². The molecular weight excluding hydrogens is 233 g/mol. The number of anilines is 1. The van der Waals surface area contributed by atoms with Gasteiger partial charge in [0, 0.05) is 12.3 Å². The van der Waals surface area contributed by atoms with Gasteiger partial charge in [0.2, 0.25) is 5.95 Å². The Morgan fingerprint density at radius 1 is 1.78 bits per heavy atom. The molecule has 0 saturated heterocycles. The number of aromatic amines is 1. The van der Waals surface area contributed by atoms with Crippen LogP contribution in [0.2, 0.25) is 0 Å². The molecule has 0 spiro atoms. The number of halogens is 1. The van der Waals surface area contributed by atoms with Crippen molar-refractivity contribution in [2.75, 3.05) is 3.53 Å². The Labute approximate surface area is 65.2 Å². The van der Waals surface area contributed by atoms with Gasteiger partial charge in [-0.3, -0.25) is 13.3 Å². The van der Waals surface area contributed by atoms with Crippen molar-refractivity contribution in [2.24, 2.45) is 0 Å². The van der Waals surface area contributed by atoms with Gasteiger partial charge in [-0.25, -0.2) is 4.98 Å². The Morgan fingerprint density at radius 2 is 2.56 bits per heavy atom. The van der Waals surface area contributed by atoms with Crippen LogP contribution < -0.4 is 9.09 Å². The monoisotopic (exact) mass is 237 g/mol. The van der Waals surface area contributed by atoms with E-state index in [1.54, 1.807) is 0 Å². The summed E-state index contributed by atoms with van der Waals surface area (Å²) < 4.78 is 2.67. The maximum atomic E-state index is 10.5. The number of nitrogens with one attached hydrogen (secondary N) is 2. The van der Waals surface area contributed by atoms with Gasteiger partial charge < -0.3 is 0 Å². The third-order valence-electron chi connectivity index (χ3n) is 0.761. The minimum Gasteiger partial charge on any atom is -0.298 e. The molecule has 48 valence electrons. The van der Waals surface area contributed by atoms with Gasteiger partial charge in [0.1, 0.15) is 0 Å². The summed E-state index contributed by atoms with van der Waals surface area (Å²) in [5.41, 5.74) is -0.149. The Bertz CT molecular complexity index is 246. The molecule has 1 rings (SSSR count). The van der Waals surface area contributed by atoms with Crippen LogP contribution in [-0.4, -0.2) is 9.97 Å². The average Bonchev–Trinajstić information content (AvgIpc) is 1.88. The van der Waals surface area contributed by atoms with Gasteiger partial charge in [0.15, 0.2) is 0 Å². The second-order valence-electron chi connectivity index (χ2n) is 1.38. The zero-order chi connectivity index (χ0) is 6.69. The van der Waals surface area contributed by atoms with Crippen LogP contribution in [-0.2, 0) is 0 Å². The molecule has 2 N–H and O–H groups in total. The molecule has 0 bridgehead atoms. The lowest BCUT2D eigenvalue weighted by Gasteiger charge is -1.91. The highest BCUT2D eigenvalue weighted by molar-refractivity contribution is 14.1. The van der Waals surface area contributed by atoms with E-state index in [1.165, 1.54) is 12.3 Å². The summed E-state index contributed by atoms with van der Waals surface area (Å²) in [5, 5.41) is 0. The zero-order valence-corrected chi connectivity index (χ0v) is 6.55. The molecule has 1 aromatic heterocycles. The normalized spacial score (nSPS) is 9.00. The highest BCUT2D eigenvalue weighted by Crippen LogP contribution is 1.92. The van der Waals surface area contributed by atoms with Crippen LogP contribution in [0.4, 0.5) is 5.95 Å². The summed E-state index contributed by atoms with van der Waals surface area (Å²) in [7, 11) is 0. The van der Waals surface area contributed by atoms with Crippen LogP contribution >= 0.6 is 22.9 Å². The van der Waals surface area contributed by atoms with E-state index in [9.17, 15) is 4.79 Å². The molecule has 0 radical (unpaired) electrons. The van der Waals surface area contributed by atoms with Gasteiger partial charge in [0.05, 0.1) is 22.9 Å². The summed E-state index contributed by atoms with van der Waals surface area (Å²) in [6.45, 7) is 0. The fraction of sp³-hybridized carbons (Fsp3) is 0. The van der Waals surface area contributed by atoms with Gasteiger partial charge in [-0.15, -0.1) is 0 Å². The van der Waals surface area contributed by atoms with Gasteiger partial charge in [-0.1, -0.05) is 0 Å². The number of hydrogen-bond donors (Lipinski definition) is 2. The Balaban J connectivity index is 3.08. The Hall–Kier alpha value is -0.590. The molecule has 0 amide bonds. The van der Waals surface area contributed by atoms with Gasteiger partial charge >= 0.3 is 0 Å². The predicted octanol–water partition coefficient (Wildman–Crippen LogP) is 0.532. The molecule has 0 aliphatic heterocycles. The molecule has 0 aromatic carbocycles. The van der Waals surface area contributed by atoms with Crippen molar-refractivity contribution in [1.29, 1.82) is 0 Å². The first-order chi connectivity index (χ1) is 4.33. The van der Waals surface area contributed by atoms with E-state index in [-0.39, 0.29) is 5.56 Å². The van der Waals surface area contributed by atoms with Crippen molar-refractivity contribution in [3.05, 3.63) is 22.6 Å². The maximum Gasteiger partial charge on any atom is 0.252 e. The van der Waals surface area contributed by atoms with Crippen LogP contribution in [0.1, 0.15) is 0 Å². The number of H-pyrrole nitrogens is 1. The Morgan fingerprint density at radius 3 is 3.00 bits per heavy atom. The molecule has 0 atom stereocenters. The number of rotatable bonds is 1. The highest BCUT2D eigenvalue weighted by atomic mass is 127. The SMILES string of the molecule is O=c1ccnc(NI)[nH]1. The van der Waals surface area contributed by atoms with E-state index in [4.69, 9.17) is 0 Å². The van der Waals surface area contributed by atoms with Crippen LogP contribution in [0.5, 0.6) is 0 Å². The third-order valence-corrected chi connectivity index (χ3v) is 1.27. The average molecular weight is 237 g/mol. The number of aromatic nitrogens is 2. The zero-order valence-electron chi connectivity index (χ0n) is 4.39. The van der Waals surface area contributed by atoms with E-state index in [0.29, 0.717) is 5.95 Å². The molecule has 1 aromatic rings. The minimum absolute atomic E-state index is 0.149. The lowest BCUT2D eigenvalue weighted by Crippen LogP contribution is -2.05. The standard InChI is InChI=1S/C4H4IN3O/c5-8-4-6-2-1-3(9)7-4/h1-2H,(H2,6,7,8,9). The molecule has 4 nitrogen and oxygen atoms in total. The number of hydrogen-bond acceptors (Lipinski definition) is 3. The lowest BCUT2D eigenvalue weighted by atomic mass is 10.7. The molecule has 1 heterocycles. The largest absolute Gasteiger partial charge is 0.298 e. The molecule has 0 saturated carbocycles. The van der Waals surface area contributed by atoms with Gasteiger partial charge in [-0.05, 0) is 0 Å². The minimum atomic E-state index is -0.149.